The predicted molar refractivity (Wildman–Crippen MR) is 130 cm³/mol. The molecule has 1 amide bonds. The van der Waals surface area contributed by atoms with Gasteiger partial charge in [0, 0.05) is 44.5 Å². The molecule has 3 saturated heterocycles. The Hall–Kier alpha value is -2.76. The fourth-order valence-corrected chi connectivity index (χ4v) is 6.40. The summed E-state index contributed by atoms with van der Waals surface area (Å²) in [5.41, 5.74) is -0.0364. The van der Waals surface area contributed by atoms with Crippen molar-refractivity contribution in [3.8, 4) is 6.07 Å². The Balaban J connectivity index is 1.61. The molecule has 194 valence electrons. The maximum absolute atomic E-state index is 13.6. The molecular weight excluding hydrogens is 486 g/mol. The van der Waals surface area contributed by atoms with Gasteiger partial charge < -0.3 is 24.6 Å². The lowest BCUT2D eigenvalue weighted by Gasteiger charge is -2.42. The van der Waals surface area contributed by atoms with E-state index in [-0.39, 0.29) is 35.3 Å². The number of hydrogen-bond donors (Lipinski definition) is 2. The van der Waals surface area contributed by atoms with Gasteiger partial charge in [0.05, 0.1) is 49.4 Å². The molecule has 3 aliphatic rings. The van der Waals surface area contributed by atoms with Crippen molar-refractivity contribution in [1.82, 2.24) is 24.3 Å². The lowest BCUT2D eigenvalue weighted by atomic mass is 9.92. The first-order valence-corrected chi connectivity index (χ1v) is 13.6. The standard InChI is InChI=1S/C23H31N7O5S/c1-15-10-29(11-16(2)26-15)19-8-18(36(32,33)27-23(13-24)14-35-17(23)3)12-30-20(19)9-25-21(30)22(31)28-4-6-34-7-5-28/h8-9,12,15-17,26-27H,4-7,10-11,14H2,1-3H3/t15-,16-,17?,23?/m0/s1. The van der Waals surface area contributed by atoms with Gasteiger partial charge in [-0.15, -0.1) is 0 Å². The predicted octanol–water partition coefficient (Wildman–Crippen LogP) is -0.0473. The number of fused-ring (bicyclic) bond motifs is 1. The average Bonchev–Trinajstić information content (AvgIpc) is 3.29. The fraction of sp³-hybridized carbons (Fsp3) is 0.609. The van der Waals surface area contributed by atoms with Crippen LogP contribution in [0.5, 0.6) is 0 Å². The molecule has 2 unspecified atom stereocenters. The number of anilines is 1. The van der Waals surface area contributed by atoms with Crippen LogP contribution in [0.15, 0.2) is 23.4 Å². The number of aromatic nitrogens is 2. The number of imidazole rings is 1. The molecule has 0 bridgehead atoms. The number of morpholine rings is 1. The highest BCUT2D eigenvalue weighted by molar-refractivity contribution is 7.89. The van der Waals surface area contributed by atoms with E-state index in [0.29, 0.717) is 50.6 Å². The lowest BCUT2D eigenvalue weighted by molar-refractivity contribution is -0.102. The third kappa shape index (κ3) is 4.33. The first-order chi connectivity index (χ1) is 17.1. The van der Waals surface area contributed by atoms with Crippen LogP contribution in [0.25, 0.3) is 5.52 Å². The van der Waals surface area contributed by atoms with Crippen molar-refractivity contribution < 1.29 is 22.7 Å². The second kappa shape index (κ2) is 9.28. The van der Waals surface area contributed by atoms with Gasteiger partial charge in [-0.05, 0) is 26.8 Å². The minimum atomic E-state index is -4.14. The summed E-state index contributed by atoms with van der Waals surface area (Å²) < 4.78 is 41.9. The van der Waals surface area contributed by atoms with Crippen LogP contribution in [0, 0.1) is 11.3 Å². The van der Waals surface area contributed by atoms with E-state index >= 15 is 0 Å². The number of hydrogen-bond acceptors (Lipinski definition) is 9. The normalized spacial score (nSPS) is 29.1. The number of sulfonamides is 1. The molecule has 12 nitrogen and oxygen atoms in total. The van der Waals surface area contributed by atoms with E-state index in [1.54, 1.807) is 28.5 Å². The number of carbonyl (C=O) groups is 1. The summed E-state index contributed by atoms with van der Waals surface area (Å²) in [4.78, 5) is 21.5. The summed E-state index contributed by atoms with van der Waals surface area (Å²) in [5, 5.41) is 13.2. The Labute approximate surface area is 210 Å². The number of amides is 1. The van der Waals surface area contributed by atoms with Crippen LogP contribution in [-0.2, 0) is 19.5 Å². The molecule has 4 atom stereocenters. The zero-order chi connectivity index (χ0) is 25.7. The van der Waals surface area contributed by atoms with E-state index in [0.717, 1.165) is 0 Å². The second-order valence-electron chi connectivity index (χ2n) is 9.82. The van der Waals surface area contributed by atoms with Crippen molar-refractivity contribution in [2.24, 2.45) is 0 Å². The summed E-state index contributed by atoms with van der Waals surface area (Å²) in [5.74, 6) is -0.153. The first kappa shape index (κ1) is 24.9. The number of nitriles is 1. The minimum Gasteiger partial charge on any atom is -0.378 e. The lowest BCUT2D eigenvalue weighted by Crippen LogP contribution is -2.66. The van der Waals surface area contributed by atoms with Crippen LogP contribution in [0.3, 0.4) is 0 Å². The molecule has 0 saturated carbocycles. The largest absolute Gasteiger partial charge is 0.378 e. The Morgan fingerprint density at radius 2 is 1.94 bits per heavy atom. The summed E-state index contributed by atoms with van der Waals surface area (Å²) in [7, 11) is -4.14. The number of carbonyl (C=O) groups excluding carboxylic acids is 1. The summed E-state index contributed by atoms with van der Waals surface area (Å²) in [6.45, 7) is 8.84. The van der Waals surface area contributed by atoms with E-state index < -0.39 is 21.7 Å². The molecule has 2 N–H and O–H groups in total. The maximum Gasteiger partial charge on any atom is 0.290 e. The first-order valence-electron chi connectivity index (χ1n) is 12.1. The smallest absolute Gasteiger partial charge is 0.290 e. The number of ether oxygens (including phenoxy) is 2. The van der Waals surface area contributed by atoms with Crippen LogP contribution in [0.2, 0.25) is 0 Å². The fourth-order valence-electron chi connectivity index (χ4n) is 5.02. The molecule has 0 aromatic carbocycles. The third-order valence-electron chi connectivity index (χ3n) is 7.06. The molecule has 2 aromatic heterocycles. The summed E-state index contributed by atoms with van der Waals surface area (Å²) in [6.07, 6.45) is 2.44. The molecule has 3 aliphatic heterocycles. The van der Waals surface area contributed by atoms with Crippen molar-refractivity contribution >= 4 is 27.1 Å². The van der Waals surface area contributed by atoms with Crippen LogP contribution in [0.1, 0.15) is 31.4 Å². The quantitative estimate of drug-likeness (QED) is 0.558. The topological polar surface area (TPSA) is 141 Å². The number of nitrogens with zero attached hydrogens (tertiary/aromatic N) is 5. The molecule has 5 rings (SSSR count). The molecule has 5 heterocycles. The Kier molecular flexibility index (Phi) is 6.42. The van der Waals surface area contributed by atoms with Crippen molar-refractivity contribution in [2.75, 3.05) is 50.9 Å². The van der Waals surface area contributed by atoms with Gasteiger partial charge in [-0.2, -0.15) is 9.98 Å². The van der Waals surface area contributed by atoms with E-state index in [9.17, 15) is 18.5 Å². The summed E-state index contributed by atoms with van der Waals surface area (Å²) in [6, 6.07) is 4.02. The number of pyridine rings is 1. The van der Waals surface area contributed by atoms with Gasteiger partial charge in [0.1, 0.15) is 4.90 Å². The number of nitrogens with one attached hydrogen (secondary N) is 2. The second-order valence-corrected chi connectivity index (χ2v) is 11.5. The van der Waals surface area contributed by atoms with E-state index in [4.69, 9.17) is 9.47 Å². The molecule has 3 fully saturated rings. The SMILES string of the molecule is CC1OCC1(C#N)NS(=O)(=O)c1cc(N2C[C@H](C)N[C@@H](C)C2)c2cnc(C(=O)N3CCOCC3)n2c1. The summed E-state index contributed by atoms with van der Waals surface area (Å²) >= 11 is 0. The molecule has 13 heteroatoms. The van der Waals surface area contributed by atoms with Gasteiger partial charge in [-0.3, -0.25) is 9.20 Å². The molecular formula is C23H31N7O5S. The Bertz CT molecular complexity index is 1310. The highest BCUT2D eigenvalue weighted by Crippen LogP contribution is 2.31. The van der Waals surface area contributed by atoms with Gasteiger partial charge in [-0.1, -0.05) is 0 Å². The van der Waals surface area contributed by atoms with Gasteiger partial charge in [0.25, 0.3) is 5.91 Å². The highest BCUT2D eigenvalue weighted by Gasteiger charge is 2.49. The van der Waals surface area contributed by atoms with Crippen molar-refractivity contribution in [3.05, 3.63) is 24.3 Å². The van der Waals surface area contributed by atoms with Crippen LogP contribution in [0.4, 0.5) is 5.69 Å². The van der Waals surface area contributed by atoms with Crippen molar-refractivity contribution in [3.63, 3.8) is 0 Å². The highest BCUT2D eigenvalue weighted by atomic mass is 32.2. The van der Waals surface area contributed by atoms with E-state index in [2.05, 4.69) is 39.8 Å². The maximum atomic E-state index is 13.6. The Morgan fingerprint density at radius 1 is 1.25 bits per heavy atom. The van der Waals surface area contributed by atoms with Crippen LogP contribution >= 0.6 is 0 Å². The molecule has 36 heavy (non-hydrogen) atoms. The molecule has 0 aliphatic carbocycles. The number of rotatable bonds is 5. The zero-order valence-corrected chi connectivity index (χ0v) is 21.4. The van der Waals surface area contributed by atoms with Crippen LogP contribution in [-0.4, -0.2) is 98.3 Å². The van der Waals surface area contributed by atoms with Crippen molar-refractivity contribution in [1.29, 1.82) is 5.26 Å². The Morgan fingerprint density at radius 3 is 2.53 bits per heavy atom. The van der Waals surface area contributed by atoms with Gasteiger partial charge in [-0.25, -0.2) is 13.4 Å². The molecule has 0 spiro atoms. The van der Waals surface area contributed by atoms with E-state index in [1.807, 2.05) is 0 Å². The van der Waals surface area contributed by atoms with Crippen LogP contribution < -0.4 is 14.9 Å². The zero-order valence-electron chi connectivity index (χ0n) is 20.6. The third-order valence-corrected chi connectivity index (χ3v) is 8.54. The van der Waals surface area contributed by atoms with E-state index in [1.165, 1.54) is 6.20 Å². The van der Waals surface area contributed by atoms with Crippen molar-refractivity contribution in [2.45, 2.75) is 49.4 Å². The van der Waals surface area contributed by atoms with Gasteiger partial charge >= 0.3 is 0 Å². The average molecular weight is 518 g/mol. The minimum absolute atomic E-state index is 0.0301. The van der Waals surface area contributed by atoms with Gasteiger partial charge in [0.2, 0.25) is 15.8 Å². The monoisotopic (exact) mass is 517 g/mol. The van der Waals surface area contributed by atoms with Gasteiger partial charge in [0.15, 0.2) is 5.54 Å². The molecule has 2 aromatic rings. The molecule has 0 radical (unpaired) electrons. The number of piperazine rings is 1.